The first kappa shape index (κ1) is 21.3. The predicted molar refractivity (Wildman–Crippen MR) is 115 cm³/mol. The number of urea groups is 1. The minimum atomic E-state index is -1.37. The van der Waals surface area contributed by atoms with E-state index in [4.69, 9.17) is 0 Å². The minimum Gasteiger partial charge on any atom is -0.550 e. The molecule has 0 radical (unpaired) electrons. The number of imidazole rings is 1. The highest BCUT2D eigenvalue weighted by molar-refractivity contribution is 5.91. The lowest BCUT2D eigenvalue weighted by Gasteiger charge is -2.29. The number of carbonyl (C=O) groups excluding carboxylic acids is 3. The van der Waals surface area contributed by atoms with Crippen LogP contribution in [0.2, 0.25) is 0 Å². The highest BCUT2D eigenvalue weighted by Gasteiger charge is 2.47. The molecular formula is C23H23N5O4. The fourth-order valence-electron chi connectivity index (χ4n) is 3.82. The van der Waals surface area contributed by atoms with E-state index in [-0.39, 0.29) is 13.1 Å². The largest absolute Gasteiger partial charge is 0.550 e. The van der Waals surface area contributed by atoms with Gasteiger partial charge in [0.25, 0.3) is 0 Å². The topological polar surface area (TPSA) is 127 Å². The minimum absolute atomic E-state index is 0.0905. The van der Waals surface area contributed by atoms with Crippen LogP contribution in [0.1, 0.15) is 17.7 Å². The van der Waals surface area contributed by atoms with E-state index < -0.39 is 34.9 Å². The molecule has 32 heavy (non-hydrogen) atoms. The molecule has 2 heterocycles. The van der Waals surface area contributed by atoms with Crippen LogP contribution in [0.3, 0.4) is 0 Å². The van der Waals surface area contributed by atoms with Crippen molar-refractivity contribution in [2.45, 2.75) is 25.6 Å². The molecule has 3 aromatic rings. The number of carboxylic acid groups (broad SMARTS) is 1. The molecule has 2 aromatic carbocycles. The Bertz CT molecular complexity index is 1160. The first-order valence-corrected chi connectivity index (χ1v) is 10.2. The van der Waals surface area contributed by atoms with Crippen molar-refractivity contribution in [3.63, 3.8) is 0 Å². The summed E-state index contributed by atoms with van der Waals surface area (Å²) in [4.78, 5) is 45.2. The molecule has 0 saturated heterocycles. The van der Waals surface area contributed by atoms with Gasteiger partial charge in [-0.15, -0.1) is 0 Å². The van der Waals surface area contributed by atoms with Crippen LogP contribution in [-0.2, 0) is 22.7 Å². The van der Waals surface area contributed by atoms with Crippen LogP contribution >= 0.6 is 0 Å². The summed E-state index contributed by atoms with van der Waals surface area (Å²) >= 11 is 0. The molecule has 0 aliphatic carbocycles. The van der Waals surface area contributed by atoms with Gasteiger partial charge in [-0.2, -0.15) is 4.48 Å². The number of imide groups is 1. The summed E-state index contributed by atoms with van der Waals surface area (Å²) in [5.41, 5.74) is 2.89. The second-order valence-electron chi connectivity index (χ2n) is 7.88. The Balaban J connectivity index is 1.54. The molecule has 164 valence electrons. The number of fused-ring (bicyclic) bond motifs is 1. The molecule has 9 nitrogen and oxygen atoms in total. The summed E-state index contributed by atoms with van der Waals surface area (Å²) in [6, 6.07) is 15.1. The number of aromatic nitrogens is 2. The number of carbonyl (C=O) groups is 3. The van der Waals surface area contributed by atoms with Crippen LogP contribution in [0.5, 0.6) is 0 Å². The molecule has 0 saturated carbocycles. The van der Waals surface area contributed by atoms with Crippen LogP contribution < -0.4 is 15.7 Å². The molecule has 2 unspecified atom stereocenters. The van der Waals surface area contributed by atoms with Gasteiger partial charge in [0.05, 0.1) is 19.3 Å². The van der Waals surface area contributed by atoms with Crippen LogP contribution in [0.25, 0.3) is 11.4 Å². The van der Waals surface area contributed by atoms with Crippen molar-refractivity contribution >= 4 is 23.6 Å². The maximum atomic E-state index is 13.2. The van der Waals surface area contributed by atoms with Gasteiger partial charge in [0.15, 0.2) is 0 Å². The van der Waals surface area contributed by atoms with Gasteiger partial charge in [-0.1, -0.05) is 48.5 Å². The number of hydrogen-bond donors (Lipinski definition) is 3. The molecular weight excluding hydrogens is 410 g/mol. The molecule has 3 N–H and O–H groups in total. The van der Waals surface area contributed by atoms with Crippen LogP contribution in [-0.4, -0.2) is 45.4 Å². The van der Waals surface area contributed by atoms with Crippen LogP contribution in [0.15, 0.2) is 60.8 Å². The van der Waals surface area contributed by atoms with E-state index in [1.807, 2.05) is 30.3 Å². The number of nitrogens with zero attached hydrogens (tertiary/aromatic N) is 2. The zero-order valence-electron chi connectivity index (χ0n) is 17.5. The summed E-state index contributed by atoms with van der Waals surface area (Å²) in [7, 11) is 1.49. The van der Waals surface area contributed by atoms with Crippen molar-refractivity contribution in [2.24, 2.45) is 0 Å². The zero-order chi connectivity index (χ0) is 22.7. The highest BCUT2D eigenvalue weighted by Crippen LogP contribution is 2.28. The molecule has 2 atom stereocenters. The Kier molecular flexibility index (Phi) is 5.74. The van der Waals surface area contributed by atoms with Crippen molar-refractivity contribution in [2.75, 3.05) is 12.4 Å². The number of quaternary nitrogens is 1. The Labute approximate surface area is 184 Å². The maximum absolute atomic E-state index is 13.2. The van der Waals surface area contributed by atoms with E-state index >= 15 is 0 Å². The van der Waals surface area contributed by atoms with Gasteiger partial charge in [0.1, 0.15) is 18.4 Å². The lowest BCUT2D eigenvalue weighted by atomic mass is 10.1. The molecule has 0 bridgehead atoms. The Hall–Kier alpha value is -3.98. The molecule has 9 heteroatoms. The number of aliphatic carboxylic acids is 1. The summed E-state index contributed by atoms with van der Waals surface area (Å²) in [5.74, 6) is -1.24. The van der Waals surface area contributed by atoms with E-state index in [9.17, 15) is 19.5 Å². The summed E-state index contributed by atoms with van der Waals surface area (Å²) in [5, 5.41) is 17.0. The Morgan fingerprint density at radius 1 is 1.16 bits per heavy atom. The molecule has 0 spiro atoms. The van der Waals surface area contributed by atoms with Gasteiger partial charge in [-0.05, 0) is 6.07 Å². The average molecular weight is 433 g/mol. The second kappa shape index (κ2) is 8.64. The van der Waals surface area contributed by atoms with Gasteiger partial charge in [-0.25, -0.2) is 14.6 Å². The van der Waals surface area contributed by atoms with Crippen molar-refractivity contribution < 1.29 is 24.0 Å². The van der Waals surface area contributed by atoms with Gasteiger partial charge in [-0.3, -0.25) is 5.32 Å². The number of benzene rings is 2. The van der Waals surface area contributed by atoms with Gasteiger partial charge >= 0.3 is 11.9 Å². The second-order valence-corrected chi connectivity index (χ2v) is 7.88. The van der Waals surface area contributed by atoms with E-state index in [1.54, 1.807) is 30.5 Å². The van der Waals surface area contributed by atoms with Crippen molar-refractivity contribution in [1.82, 2.24) is 15.3 Å². The van der Waals surface area contributed by atoms with Crippen molar-refractivity contribution in [1.29, 1.82) is 0 Å². The Morgan fingerprint density at radius 2 is 1.88 bits per heavy atom. The third-order valence-corrected chi connectivity index (χ3v) is 5.54. The number of nitrogens with one attached hydrogen (secondary N) is 3. The van der Waals surface area contributed by atoms with Crippen LogP contribution in [0, 0.1) is 0 Å². The maximum Gasteiger partial charge on any atom is 0.424 e. The normalized spacial score (nSPS) is 20.0. The summed E-state index contributed by atoms with van der Waals surface area (Å²) in [6.07, 6.45) is 1.16. The number of carboxylic acids is 1. The molecule has 1 aliphatic heterocycles. The standard InChI is InChI=1S/C23H23N5O4/c1-28(14-16-9-5-6-10-18(16)27-19(22(28)31)11-20(29)30)23(32)25-13-17-12-24-21(26-17)15-7-3-2-4-8-15/h2-10,12,19,27H,11,13-14H2,1H3,(H2-,24,25,26,29,30,32). The number of hydrogen-bond acceptors (Lipinski definition) is 6. The smallest absolute Gasteiger partial charge is 0.424 e. The van der Waals surface area contributed by atoms with Crippen molar-refractivity contribution in [3.8, 4) is 11.4 Å². The summed E-state index contributed by atoms with van der Waals surface area (Å²) < 4.78 is -0.627. The fraction of sp³-hybridized carbons (Fsp3) is 0.217. The first-order valence-electron chi connectivity index (χ1n) is 10.2. The van der Waals surface area contributed by atoms with Crippen molar-refractivity contribution in [3.05, 3.63) is 72.1 Å². The van der Waals surface area contributed by atoms with Gasteiger partial charge < -0.3 is 20.2 Å². The molecule has 1 aromatic heterocycles. The van der Waals surface area contributed by atoms with Gasteiger partial charge in [0, 0.05) is 35.4 Å². The molecule has 4 rings (SSSR count). The van der Waals surface area contributed by atoms with E-state index in [1.165, 1.54) is 7.05 Å². The lowest BCUT2D eigenvalue weighted by Crippen LogP contribution is -2.61. The quantitative estimate of drug-likeness (QED) is 0.522. The fourth-order valence-corrected chi connectivity index (χ4v) is 3.82. The average Bonchev–Trinajstić information content (AvgIpc) is 3.23. The highest BCUT2D eigenvalue weighted by atomic mass is 16.4. The van der Waals surface area contributed by atoms with Crippen LogP contribution in [0.4, 0.5) is 10.5 Å². The molecule has 3 amide bonds. The SMILES string of the molecule is C[N+]1(C(=O)NCc2c[nH]c(-c3ccccc3)n2)Cc2ccccc2NC(CC(=O)[O-])C1=O. The van der Waals surface area contributed by atoms with Gasteiger partial charge in [0.2, 0.25) is 0 Å². The van der Waals surface area contributed by atoms with E-state index in [0.29, 0.717) is 17.2 Å². The molecule has 0 fully saturated rings. The number of para-hydroxylation sites is 1. The number of aromatic amines is 1. The third kappa shape index (κ3) is 4.23. The van der Waals surface area contributed by atoms with E-state index in [0.717, 1.165) is 11.1 Å². The number of H-pyrrole nitrogens is 1. The monoisotopic (exact) mass is 433 g/mol. The molecule has 1 aliphatic rings. The lowest BCUT2D eigenvalue weighted by molar-refractivity contribution is -0.766. The summed E-state index contributed by atoms with van der Waals surface area (Å²) in [6.45, 7) is 0.205. The van der Waals surface area contributed by atoms with E-state index in [2.05, 4.69) is 20.6 Å². The number of likely N-dealkylation sites (N-methyl/N-ethyl adjacent to an activating group) is 1. The number of anilines is 1. The zero-order valence-corrected chi connectivity index (χ0v) is 17.5. The Morgan fingerprint density at radius 3 is 2.62 bits per heavy atom. The first-order chi connectivity index (χ1) is 15.4. The third-order valence-electron chi connectivity index (χ3n) is 5.54. The predicted octanol–water partition coefficient (Wildman–Crippen LogP) is 1.39. The number of rotatable bonds is 5. The number of amides is 3.